The van der Waals surface area contributed by atoms with Gasteiger partial charge in [-0.25, -0.2) is 18.9 Å². The van der Waals surface area contributed by atoms with Crippen LogP contribution >= 0.6 is 11.3 Å². The summed E-state index contributed by atoms with van der Waals surface area (Å²) in [5, 5.41) is 18.7. The predicted octanol–water partition coefficient (Wildman–Crippen LogP) is 3.25. The van der Waals surface area contributed by atoms with Gasteiger partial charge in [-0.2, -0.15) is 17.5 Å². The summed E-state index contributed by atoms with van der Waals surface area (Å²) < 4.78 is 72.1. The Bertz CT molecular complexity index is 1430. The fourth-order valence-electron chi connectivity index (χ4n) is 3.97. The number of amides is 1. The predicted molar refractivity (Wildman–Crippen MR) is 123 cm³/mol. The number of aliphatic carboxylic acids is 1. The van der Waals surface area contributed by atoms with E-state index in [1.165, 1.54) is 35.8 Å². The van der Waals surface area contributed by atoms with Gasteiger partial charge in [-0.15, -0.1) is 11.3 Å². The second-order valence-corrected chi connectivity index (χ2v) is 11.2. The van der Waals surface area contributed by atoms with Gasteiger partial charge in [0.05, 0.1) is 26.6 Å². The van der Waals surface area contributed by atoms with Crippen molar-refractivity contribution in [2.24, 2.45) is 5.92 Å². The number of carbonyl (C=O) groups is 2. The highest BCUT2D eigenvalue weighted by atomic mass is 32.2. The number of alkyl halides is 3. The molecule has 3 N–H and O–H groups in total. The van der Waals surface area contributed by atoms with Crippen LogP contribution < -0.4 is 10.2 Å². The summed E-state index contributed by atoms with van der Waals surface area (Å²) in [5.74, 6) is -2.87. The number of aromatic nitrogens is 1. The minimum atomic E-state index is -4.48. The molecule has 0 spiro atoms. The van der Waals surface area contributed by atoms with E-state index < -0.39 is 45.6 Å². The number of fused-ring (bicyclic) bond motifs is 1. The highest BCUT2D eigenvalue weighted by Gasteiger charge is 2.42. The van der Waals surface area contributed by atoms with Crippen molar-refractivity contribution in [3.63, 3.8) is 0 Å². The van der Waals surface area contributed by atoms with Gasteiger partial charge in [0.15, 0.2) is 0 Å². The van der Waals surface area contributed by atoms with E-state index in [1.54, 1.807) is 0 Å². The largest absolute Gasteiger partial charge is 0.486 e. The molecule has 1 amide bonds. The smallest absolute Gasteiger partial charge is 0.416 e. The van der Waals surface area contributed by atoms with Crippen molar-refractivity contribution < 1.29 is 46.2 Å². The molecule has 15 heteroatoms. The lowest BCUT2D eigenvalue weighted by atomic mass is 9.92. The van der Waals surface area contributed by atoms with Crippen molar-refractivity contribution in [3.8, 4) is 5.75 Å². The summed E-state index contributed by atoms with van der Waals surface area (Å²) in [4.78, 5) is 27.4. The summed E-state index contributed by atoms with van der Waals surface area (Å²) in [6.45, 7) is -0.294. The number of hydrogen-bond acceptors (Lipinski definition) is 8. The molecule has 0 radical (unpaired) electrons. The Balaban J connectivity index is 1.47. The molecule has 1 saturated heterocycles. The maximum atomic E-state index is 13.2. The van der Waals surface area contributed by atoms with E-state index in [0.29, 0.717) is 9.71 Å². The molecule has 1 aliphatic heterocycles. The van der Waals surface area contributed by atoms with Crippen LogP contribution in [0.1, 0.15) is 23.4 Å². The molecule has 0 unspecified atom stereocenters. The van der Waals surface area contributed by atoms with Crippen LogP contribution in [0, 0.1) is 5.92 Å². The average molecular weight is 560 g/mol. The van der Waals surface area contributed by atoms with Gasteiger partial charge in [-0.3, -0.25) is 14.8 Å². The second kappa shape index (κ2) is 10.2. The minimum absolute atomic E-state index is 0.00238. The Morgan fingerprint density at radius 2 is 1.89 bits per heavy atom. The number of thiazole rings is 1. The maximum Gasteiger partial charge on any atom is 0.416 e. The van der Waals surface area contributed by atoms with E-state index in [4.69, 9.17) is 9.94 Å². The molecule has 0 aliphatic carbocycles. The van der Waals surface area contributed by atoms with E-state index in [1.807, 2.05) is 0 Å². The third-order valence-corrected chi connectivity index (χ3v) is 8.80. The normalized spacial score (nSPS) is 19.0. The fourth-order valence-corrected chi connectivity index (χ4v) is 6.44. The molecule has 198 valence electrons. The van der Waals surface area contributed by atoms with E-state index in [9.17, 15) is 36.3 Å². The molecule has 4 rings (SSSR count). The molecule has 1 aromatic heterocycles. The first-order valence-corrected chi connectivity index (χ1v) is 13.0. The van der Waals surface area contributed by atoms with Gasteiger partial charge in [0.25, 0.3) is 5.91 Å². The Morgan fingerprint density at radius 3 is 2.51 bits per heavy atom. The van der Waals surface area contributed by atoms with Gasteiger partial charge in [0, 0.05) is 6.54 Å². The number of nitrogens with one attached hydrogen (secondary N) is 1. The number of sulfonamides is 1. The Kier molecular flexibility index (Phi) is 7.41. The van der Waals surface area contributed by atoms with Crippen molar-refractivity contribution in [1.82, 2.24) is 14.8 Å². The van der Waals surface area contributed by atoms with Crippen LogP contribution in [0.15, 0.2) is 47.4 Å². The first kappa shape index (κ1) is 26.8. The van der Waals surface area contributed by atoms with Crippen LogP contribution in [-0.2, 0) is 32.4 Å². The topological polar surface area (TPSA) is 146 Å². The summed E-state index contributed by atoms with van der Waals surface area (Å²) in [5.41, 5.74) is 0.773. The van der Waals surface area contributed by atoms with Crippen molar-refractivity contribution in [2.45, 2.75) is 36.6 Å². The number of carboxylic acid groups (broad SMARTS) is 1. The molecule has 2 heterocycles. The van der Waals surface area contributed by atoms with Crippen LogP contribution in [0.2, 0.25) is 0 Å². The summed E-state index contributed by atoms with van der Waals surface area (Å²) in [6.07, 6.45) is -4.78. The van der Waals surface area contributed by atoms with Crippen LogP contribution in [0.3, 0.4) is 0 Å². The molecule has 0 bridgehead atoms. The monoisotopic (exact) mass is 559 g/mol. The lowest BCUT2D eigenvalue weighted by molar-refractivity contribution is -0.145. The summed E-state index contributed by atoms with van der Waals surface area (Å²) >= 11 is 1.16. The number of nitrogens with zero attached hydrogens (tertiary/aromatic N) is 2. The third kappa shape index (κ3) is 5.69. The first-order valence-electron chi connectivity index (χ1n) is 10.8. The zero-order valence-corrected chi connectivity index (χ0v) is 20.4. The number of hydrogen-bond donors (Lipinski definition) is 3. The Labute approximate surface area is 212 Å². The van der Waals surface area contributed by atoms with Gasteiger partial charge >= 0.3 is 12.1 Å². The van der Waals surface area contributed by atoms with E-state index in [-0.39, 0.29) is 42.2 Å². The lowest BCUT2D eigenvalue weighted by Crippen LogP contribution is -2.53. The molecule has 3 aromatic rings. The summed E-state index contributed by atoms with van der Waals surface area (Å²) in [6, 6.07) is 7.09. The molecule has 0 saturated carbocycles. The highest BCUT2D eigenvalue weighted by molar-refractivity contribution is 7.89. The number of piperidine rings is 1. The summed E-state index contributed by atoms with van der Waals surface area (Å²) in [7, 11) is -4.22. The SMILES string of the molecule is O=C(O)[C@@H]1CCN(S(=O)(=O)c2ccc(OCc3nc4cc(C(F)(F)F)ccc4s3)cc2)[C@@H](C(=O)NO)C1. The number of benzene rings is 2. The number of rotatable bonds is 7. The number of carboxylic acids is 1. The molecular weight excluding hydrogens is 539 g/mol. The zero-order valence-electron chi connectivity index (χ0n) is 18.8. The zero-order chi connectivity index (χ0) is 27.0. The van der Waals surface area contributed by atoms with Crippen molar-refractivity contribution in [2.75, 3.05) is 6.54 Å². The van der Waals surface area contributed by atoms with Gasteiger partial charge in [-0.1, -0.05) is 0 Å². The number of ether oxygens (including phenoxy) is 1. The van der Waals surface area contributed by atoms with E-state index in [0.717, 1.165) is 27.8 Å². The standard InChI is InChI=1S/C22H20F3N3O7S2/c23-22(24,25)13-1-6-18-16(10-13)26-19(36-18)11-35-14-2-4-15(5-3-14)37(33,34)28-8-7-12(21(30)31)9-17(28)20(29)27-32/h1-6,10,12,17,32H,7-9,11H2,(H,27,29)(H,30,31)/t12-,17-/m1/s1. The number of halogens is 3. The van der Waals surface area contributed by atoms with Gasteiger partial charge in [-0.05, 0) is 55.3 Å². The van der Waals surface area contributed by atoms with Crippen molar-refractivity contribution in [1.29, 1.82) is 0 Å². The molecule has 1 fully saturated rings. The number of hydroxylamine groups is 1. The minimum Gasteiger partial charge on any atom is -0.486 e. The maximum absolute atomic E-state index is 13.2. The molecular formula is C22H20F3N3O7S2. The van der Waals surface area contributed by atoms with Gasteiger partial charge < -0.3 is 9.84 Å². The highest BCUT2D eigenvalue weighted by Crippen LogP contribution is 2.33. The van der Waals surface area contributed by atoms with E-state index in [2.05, 4.69) is 4.98 Å². The third-order valence-electron chi connectivity index (χ3n) is 5.87. The van der Waals surface area contributed by atoms with E-state index >= 15 is 0 Å². The van der Waals surface area contributed by atoms with Crippen LogP contribution in [0.5, 0.6) is 5.75 Å². The number of carbonyl (C=O) groups excluding carboxylic acids is 1. The molecule has 2 atom stereocenters. The van der Waals surface area contributed by atoms with Crippen LogP contribution in [0.25, 0.3) is 10.2 Å². The Hall–Kier alpha value is -3.27. The molecule has 1 aliphatic rings. The quantitative estimate of drug-likeness (QED) is 0.295. The van der Waals surface area contributed by atoms with Gasteiger partial charge in [0.2, 0.25) is 10.0 Å². The van der Waals surface area contributed by atoms with Gasteiger partial charge in [0.1, 0.15) is 23.4 Å². The second-order valence-electron chi connectivity index (χ2n) is 8.22. The lowest BCUT2D eigenvalue weighted by Gasteiger charge is -2.35. The molecule has 2 aromatic carbocycles. The van der Waals surface area contributed by atoms with Crippen LogP contribution in [0.4, 0.5) is 13.2 Å². The van der Waals surface area contributed by atoms with Crippen molar-refractivity contribution in [3.05, 3.63) is 53.0 Å². The first-order chi connectivity index (χ1) is 17.4. The molecule has 10 nitrogen and oxygen atoms in total. The van der Waals surface area contributed by atoms with Crippen LogP contribution in [-0.4, -0.2) is 52.5 Å². The van der Waals surface area contributed by atoms with Crippen molar-refractivity contribution >= 4 is 43.5 Å². The average Bonchev–Trinajstić information content (AvgIpc) is 3.28. The Morgan fingerprint density at radius 1 is 1.19 bits per heavy atom. The fraction of sp³-hybridized carbons (Fsp3) is 0.318. The molecule has 37 heavy (non-hydrogen) atoms.